The van der Waals surface area contributed by atoms with Crippen LogP contribution in [0.15, 0.2) is 0 Å². The molecule has 3 heteroatoms. The summed E-state index contributed by atoms with van der Waals surface area (Å²) in [6.45, 7) is 14.7. The molecule has 108 valence electrons. The highest BCUT2D eigenvalue weighted by molar-refractivity contribution is 4.85. The van der Waals surface area contributed by atoms with Crippen LogP contribution in [0, 0.1) is 5.92 Å². The normalized spacial score (nSPS) is 28.3. The zero-order valence-corrected chi connectivity index (χ0v) is 13.1. The minimum absolute atomic E-state index is 0.206. The molecule has 0 aromatic heterocycles. The smallest absolute Gasteiger partial charge is 0.0724 e. The van der Waals surface area contributed by atoms with E-state index in [0.29, 0.717) is 18.1 Å². The van der Waals surface area contributed by atoms with Crippen molar-refractivity contribution in [3.63, 3.8) is 0 Å². The van der Waals surface area contributed by atoms with E-state index < -0.39 is 0 Å². The third-order valence-electron chi connectivity index (χ3n) is 4.08. The van der Waals surface area contributed by atoms with Crippen LogP contribution in [0.1, 0.15) is 47.5 Å². The molecule has 0 spiro atoms. The maximum Gasteiger partial charge on any atom is 0.0724 e. The number of likely N-dealkylation sites (tertiary alicyclic amines) is 1. The molecule has 1 heterocycles. The lowest BCUT2D eigenvalue weighted by Gasteiger charge is -2.41. The first kappa shape index (κ1) is 15.9. The van der Waals surface area contributed by atoms with Crippen molar-refractivity contribution >= 4 is 0 Å². The van der Waals surface area contributed by atoms with Gasteiger partial charge < -0.3 is 10.1 Å². The lowest BCUT2D eigenvalue weighted by atomic mass is 9.94. The van der Waals surface area contributed by atoms with Gasteiger partial charge in [-0.1, -0.05) is 13.8 Å². The zero-order chi connectivity index (χ0) is 13.8. The van der Waals surface area contributed by atoms with Crippen molar-refractivity contribution in [2.75, 3.05) is 26.7 Å². The highest BCUT2D eigenvalue weighted by atomic mass is 16.5. The van der Waals surface area contributed by atoms with Gasteiger partial charge in [-0.05, 0) is 46.1 Å². The van der Waals surface area contributed by atoms with E-state index in [1.807, 2.05) is 7.11 Å². The van der Waals surface area contributed by atoms with Gasteiger partial charge in [-0.15, -0.1) is 0 Å². The number of hydrogen-bond donors (Lipinski definition) is 1. The number of rotatable bonds is 5. The fraction of sp³-hybridized carbons (Fsp3) is 1.00. The van der Waals surface area contributed by atoms with E-state index in [-0.39, 0.29) is 5.54 Å². The zero-order valence-electron chi connectivity index (χ0n) is 13.1. The predicted octanol–water partition coefficient (Wildman–Crippen LogP) is 2.51. The van der Waals surface area contributed by atoms with Crippen molar-refractivity contribution < 1.29 is 4.74 Å². The fourth-order valence-electron chi connectivity index (χ4n) is 2.65. The van der Waals surface area contributed by atoms with E-state index in [1.54, 1.807) is 0 Å². The van der Waals surface area contributed by atoms with Gasteiger partial charge in [0.25, 0.3) is 0 Å². The molecule has 0 aromatic carbocycles. The summed E-state index contributed by atoms with van der Waals surface area (Å²) >= 11 is 0. The van der Waals surface area contributed by atoms with E-state index in [4.69, 9.17) is 4.74 Å². The Labute approximate surface area is 113 Å². The quantitative estimate of drug-likeness (QED) is 0.818. The molecule has 1 N–H and O–H groups in total. The fourth-order valence-corrected chi connectivity index (χ4v) is 2.65. The maximum absolute atomic E-state index is 5.61. The van der Waals surface area contributed by atoms with E-state index in [0.717, 1.165) is 13.1 Å². The first-order chi connectivity index (χ1) is 8.37. The Morgan fingerprint density at radius 3 is 2.56 bits per heavy atom. The summed E-state index contributed by atoms with van der Waals surface area (Å²) < 4.78 is 5.61. The van der Waals surface area contributed by atoms with Gasteiger partial charge in [0, 0.05) is 31.8 Å². The molecule has 0 radical (unpaired) electrons. The summed E-state index contributed by atoms with van der Waals surface area (Å²) in [6, 6.07) is 0.634. The van der Waals surface area contributed by atoms with Crippen LogP contribution in [-0.2, 0) is 4.74 Å². The molecule has 3 nitrogen and oxygen atoms in total. The standard InChI is InChI=1S/C15H32N2O/c1-7-13(10-16-15(3,4)5)17-9-8-12(2)14(11-17)18-6/h12-14,16H,7-11H2,1-6H3. The molecular formula is C15H32N2O. The summed E-state index contributed by atoms with van der Waals surface area (Å²) in [4.78, 5) is 2.60. The van der Waals surface area contributed by atoms with Gasteiger partial charge in [-0.2, -0.15) is 0 Å². The molecule has 1 aliphatic heterocycles. The molecule has 0 aliphatic carbocycles. The number of piperidine rings is 1. The summed E-state index contributed by atoms with van der Waals surface area (Å²) in [7, 11) is 1.85. The second-order valence-electron chi connectivity index (χ2n) is 6.73. The van der Waals surface area contributed by atoms with Crippen LogP contribution in [0.4, 0.5) is 0 Å². The van der Waals surface area contributed by atoms with E-state index in [1.165, 1.54) is 19.4 Å². The molecule has 0 bridgehead atoms. The summed E-state index contributed by atoms with van der Waals surface area (Å²) in [6.07, 6.45) is 2.86. The largest absolute Gasteiger partial charge is 0.380 e. The van der Waals surface area contributed by atoms with Gasteiger partial charge in [0.2, 0.25) is 0 Å². The Kier molecular flexibility index (Phi) is 6.09. The number of nitrogens with one attached hydrogen (secondary N) is 1. The second-order valence-corrected chi connectivity index (χ2v) is 6.73. The molecule has 1 rings (SSSR count). The highest BCUT2D eigenvalue weighted by Gasteiger charge is 2.29. The van der Waals surface area contributed by atoms with Gasteiger partial charge in [0.05, 0.1) is 6.10 Å². The topological polar surface area (TPSA) is 24.5 Å². The van der Waals surface area contributed by atoms with Gasteiger partial charge in [-0.3, -0.25) is 4.90 Å². The van der Waals surface area contributed by atoms with Crippen LogP contribution < -0.4 is 5.32 Å². The summed E-state index contributed by atoms with van der Waals surface area (Å²) in [5.41, 5.74) is 0.206. The van der Waals surface area contributed by atoms with Crippen molar-refractivity contribution in [3.05, 3.63) is 0 Å². The predicted molar refractivity (Wildman–Crippen MR) is 78.0 cm³/mol. The maximum atomic E-state index is 5.61. The van der Waals surface area contributed by atoms with Crippen LogP contribution >= 0.6 is 0 Å². The Morgan fingerprint density at radius 2 is 2.06 bits per heavy atom. The SMILES string of the molecule is CCC(CNC(C)(C)C)N1CCC(C)C(OC)C1. The Balaban J connectivity index is 2.49. The average molecular weight is 256 g/mol. The van der Waals surface area contributed by atoms with Crippen molar-refractivity contribution in [3.8, 4) is 0 Å². The first-order valence-electron chi connectivity index (χ1n) is 7.39. The lowest BCUT2D eigenvalue weighted by Crippen LogP contribution is -2.53. The van der Waals surface area contributed by atoms with Crippen LogP contribution in [0.2, 0.25) is 0 Å². The second kappa shape index (κ2) is 6.88. The number of ether oxygens (including phenoxy) is 1. The van der Waals surface area contributed by atoms with Crippen LogP contribution in [0.25, 0.3) is 0 Å². The molecule has 1 aliphatic rings. The molecule has 3 unspecified atom stereocenters. The Hall–Kier alpha value is -0.120. The number of methoxy groups -OCH3 is 1. The third kappa shape index (κ3) is 4.87. The van der Waals surface area contributed by atoms with E-state index in [2.05, 4.69) is 44.8 Å². The molecule has 3 atom stereocenters. The highest BCUT2D eigenvalue weighted by Crippen LogP contribution is 2.22. The van der Waals surface area contributed by atoms with E-state index >= 15 is 0 Å². The molecule has 1 fully saturated rings. The molecular weight excluding hydrogens is 224 g/mol. The summed E-state index contributed by atoms with van der Waals surface area (Å²) in [5.74, 6) is 0.694. The van der Waals surface area contributed by atoms with Crippen LogP contribution in [-0.4, -0.2) is 49.3 Å². The Morgan fingerprint density at radius 1 is 1.39 bits per heavy atom. The molecule has 0 amide bonds. The minimum atomic E-state index is 0.206. The van der Waals surface area contributed by atoms with Gasteiger partial charge in [0.1, 0.15) is 0 Å². The third-order valence-corrected chi connectivity index (χ3v) is 4.08. The number of hydrogen-bond acceptors (Lipinski definition) is 3. The van der Waals surface area contributed by atoms with E-state index in [9.17, 15) is 0 Å². The van der Waals surface area contributed by atoms with Gasteiger partial charge in [0.15, 0.2) is 0 Å². The van der Waals surface area contributed by atoms with Gasteiger partial charge >= 0.3 is 0 Å². The van der Waals surface area contributed by atoms with Crippen LogP contribution in [0.3, 0.4) is 0 Å². The van der Waals surface area contributed by atoms with Crippen molar-refractivity contribution in [2.45, 2.75) is 65.1 Å². The average Bonchev–Trinajstić information content (AvgIpc) is 2.30. The summed E-state index contributed by atoms with van der Waals surface area (Å²) in [5, 5.41) is 3.63. The van der Waals surface area contributed by atoms with Crippen LogP contribution in [0.5, 0.6) is 0 Å². The number of nitrogens with zero attached hydrogens (tertiary/aromatic N) is 1. The molecule has 0 saturated carbocycles. The Bertz CT molecular complexity index is 237. The van der Waals surface area contributed by atoms with Gasteiger partial charge in [-0.25, -0.2) is 0 Å². The molecule has 0 aromatic rings. The monoisotopic (exact) mass is 256 g/mol. The lowest BCUT2D eigenvalue weighted by molar-refractivity contribution is -0.0200. The first-order valence-corrected chi connectivity index (χ1v) is 7.39. The van der Waals surface area contributed by atoms with Crippen molar-refractivity contribution in [2.24, 2.45) is 5.92 Å². The minimum Gasteiger partial charge on any atom is -0.380 e. The molecule has 18 heavy (non-hydrogen) atoms. The van der Waals surface area contributed by atoms with Crippen molar-refractivity contribution in [1.82, 2.24) is 10.2 Å². The molecule has 1 saturated heterocycles. The van der Waals surface area contributed by atoms with Crippen molar-refractivity contribution in [1.29, 1.82) is 0 Å².